The lowest BCUT2D eigenvalue weighted by Gasteiger charge is -2.34. The Balaban J connectivity index is 1.24. The van der Waals surface area contributed by atoms with Crippen LogP contribution in [-0.4, -0.2) is 57.2 Å². The van der Waals surface area contributed by atoms with Crippen molar-refractivity contribution in [2.75, 3.05) is 38.0 Å². The summed E-state index contributed by atoms with van der Waals surface area (Å²) >= 11 is 7.12. The van der Waals surface area contributed by atoms with Crippen LogP contribution in [0.1, 0.15) is 5.56 Å². The van der Waals surface area contributed by atoms with Crippen LogP contribution in [0.5, 0.6) is 0 Å². The van der Waals surface area contributed by atoms with Crippen LogP contribution in [-0.2, 0) is 11.3 Å². The van der Waals surface area contributed by atoms with Gasteiger partial charge in [0.05, 0.1) is 18.3 Å². The first-order valence-electron chi connectivity index (χ1n) is 8.87. The van der Waals surface area contributed by atoms with Crippen molar-refractivity contribution in [1.29, 1.82) is 0 Å². The molecular weight excluding hydrogens is 382 g/mol. The van der Waals surface area contributed by atoms with Gasteiger partial charge in [0.1, 0.15) is 11.0 Å². The Hall–Kier alpha value is -2.06. The number of piperazine rings is 1. The van der Waals surface area contributed by atoms with Crippen molar-refractivity contribution in [2.45, 2.75) is 6.54 Å². The van der Waals surface area contributed by atoms with Crippen molar-refractivity contribution < 1.29 is 4.79 Å². The highest BCUT2D eigenvalue weighted by Gasteiger charge is 2.19. The summed E-state index contributed by atoms with van der Waals surface area (Å²) in [5.41, 5.74) is 3.70. The largest absolute Gasteiger partial charge is 0.325 e. The van der Waals surface area contributed by atoms with E-state index in [1.807, 2.05) is 30.3 Å². The SMILES string of the molecule is O=C(CN1CCN(Cc2ccc(Cl)cc2)CC1)Nc1ccc2nsnc2c1. The van der Waals surface area contributed by atoms with Gasteiger partial charge in [-0.2, -0.15) is 8.75 Å². The molecular formula is C19H20ClN5OS. The number of carbonyl (C=O) groups excluding carboxylic acids is 1. The van der Waals surface area contributed by atoms with Gasteiger partial charge in [-0.3, -0.25) is 14.6 Å². The number of anilines is 1. The van der Waals surface area contributed by atoms with Gasteiger partial charge in [0.15, 0.2) is 0 Å². The summed E-state index contributed by atoms with van der Waals surface area (Å²) in [5, 5.41) is 3.72. The third kappa shape index (κ3) is 4.81. The molecule has 1 aromatic heterocycles. The van der Waals surface area contributed by atoms with Crippen LogP contribution < -0.4 is 5.32 Å². The van der Waals surface area contributed by atoms with Crippen molar-refractivity contribution in [1.82, 2.24) is 18.5 Å². The summed E-state index contributed by atoms with van der Waals surface area (Å²) in [6.45, 7) is 4.99. The van der Waals surface area contributed by atoms with Gasteiger partial charge < -0.3 is 5.32 Å². The van der Waals surface area contributed by atoms with E-state index in [0.29, 0.717) is 6.54 Å². The van der Waals surface area contributed by atoms with Crippen LogP contribution in [0.3, 0.4) is 0 Å². The molecule has 27 heavy (non-hydrogen) atoms. The molecule has 0 spiro atoms. The van der Waals surface area contributed by atoms with Crippen molar-refractivity contribution in [2.24, 2.45) is 0 Å². The second-order valence-electron chi connectivity index (χ2n) is 6.69. The van der Waals surface area contributed by atoms with E-state index in [4.69, 9.17) is 11.6 Å². The van der Waals surface area contributed by atoms with E-state index >= 15 is 0 Å². The first kappa shape index (κ1) is 18.3. The predicted molar refractivity (Wildman–Crippen MR) is 109 cm³/mol. The van der Waals surface area contributed by atoms with Gasteiger partial charge in [-0.15, -0.1) is 0 Å². The van der Waals surface area contributed by atoms with E-state index in [1.54, 1.807) is 0 Å². The lowest BCUT2D eigenvalue weighted by atomic mass is 10.2. The lowest BCUT2D eigenvalue weighted by molar-refractivity contribution is -0.117. The van der Waals surface area contributed by atoms with E-state index in [9.17, 15) is 4.79 Å². The number of hydrogen-bond donors (Lipinski definition) is 1. The molecule has 0 aliphatic carbocycles. The highest BCUT2D eigenvalue weighted by molar-refractivity contribution is 7.00. The topological polar surface area (TPSA) is 61.4 Å². The van der Waals surface area contributed by atoms with E-state index in [0.717, 1.165) is 54.5 Å². The van der Waals surface area contributed by atoms with Crippen LogP contribution in [0.2, 0.25) is 5.02 Å². The molecule has 1 N–H and O–H groups in total. The van der Waals surface area contributed by atoms with Crippen molar-refractivity contribution in [3.05, 3.63) is 53.1 Å². The van der Waals surface area contributed by atoms with Crippen LogP contribution in [0, 0.1) is 0 Å². The smallest absolute Gasteiger partial charge is 0.238 e. The molecule has 6 nitrogen and oxygen atoms in total. The minimum atomic E-state index is 0.00342. The third-order valence-corrected chi connectivity index (χ3v) is 5.50. The van der Waals surface area contributed by atoms with Crippen LogP contribution >= 0.6 is 23.3 Å². The lowest BCUT2D eigenvalue weighted by Crippen LogP contribution is -2.48. The molecule has 1 aliphatic heterocycles. The molecule has 8 heteroatoms. The molecule has 0 bridgehead atoms. The highest BCUT2D eigenvalue weighted by Crippen LogP contribution is 2.17. The highest BCUT2D eigenvalue weighted by atomic mass is 35.5. The molecule has 2 heterocycles. The van der Waals surface area contributed by atoms with Crippen molar-refractivity contribution >= 4 is 46.0 Å². The molecule has 1 aliphatic rings. The zero-order chi connectivity index (χ0) is 18.6. The van der Waals surface area contributed by atoms with E-state index in [2.05, 4.69) is 36.0 Å². The second-order valence-corrected chi connectivity index (χ2v) is 7.66. The van der Waals surface area contributed by atoms with Gasteiger partial charge in [-0.05, 0) is 35.9 Å². The van der Waals surface area contributed by atoms with E-state index in [-0.39, 0.29) is 5.91 Å². The molecule has 1 fully saturated rings. The number of carbonyl (C=O) groups is 1. The number of hydrogen-bond acceptors (Lipinski definition) is 6. The van der Waals surface area contributed by atoms with Crippen molar-refractivity contribution in [3.63, 3.8) is 0 Å². The van der Waals surface area contributed by atoms with Crippen LogP contribution in [0.4, 0.5) is 5.69 Å². The summed E-state index contributed by atoms with van der Waals surface area (Å²) in [5.74, 6) is 0.00342. The Kier molecular flexibility index (Phi) is 5.63. The van der Waals surface area contributed by atoms with Crippen molar-refractivity contribution in [3.8, 4) is 0 Å². The molecule has 2 aromatic carbocycles. The average molecular weight is 402 g/mol. The van der Waals surface area contributed by atoms with Gasteiger partial charge in [0, 0.05) is 43.4 Å². The van der Waals surface area contributed by atoms with Gasteiger partial charge in [-0.1, -0.05) is 23.7 Å². The number of halogens is 1. The maximum absolute atomic E-state index is 12.3. The number of amides is 1. The summed E-state index contributed by atoms with van der Waals surface area (Å²) in [7, 11) is 0. The Labute approximate surface area is 167 Å². The van der Waals surface area contributed by atoms with Gasteiger partial charge in [-0.25, -0.2) is 0 Å². The number of nitrogens with zero attached hydrogens (tertiary/aromatic N) is 4. The first-order valence-corrected chi connectivity index (χ1v) is 9.98. The molecule has 0 radical (unpaired) electrons. The number of rotatable bonds is 5. The van der Waals surface area contributed by atoms with Gasteiger partial charge in [0.2, 0.25) is 5.91 Å². The molecule has 1 saturated heterocycles. The predicted octanol–water partition coefficient (Wildman–Crippen LogP) is 3.10. The molecule has 0 atom stereocenters. The normalized spacial score (nSPS) is 15.9. The Morgan fingerprint density at radius 3 is 2.48 bits per heavy atom. The standard InChI is InChI=1S/C19H20ClN5OS/c20-15-3-1-14(2-4-15)12-24-7-9-25(10-8-24)13-19(26)21-16-5-6-17-18(11-16)23-27-22-17/h1-6,11H,7-10,12-13H2,(H,21,26). The molecule has 140 valence electrons. The number of aromatic nitrogens is 2. The van der Waals surface area contributed by atoms with Crippen LogP contribution in [0.15, 0.2) is 42.5 Å². The summed E-state index contributed by atoms with van der Waals surface area (Å²) < 4.78 is 8.38. The fraction of sp³-hybridized carbons (Fsp3) is 0.316. The molecule has 0 saturated carbocycles. The maximum Gasteiger partial charge on any atom is 0.238 e. The fourth-order valence-corrected chi connectivity index (χ4v) is 3.86. The van der Waals surface area contributed by atoms with Crippen LogP contribution in [0.25, 0.3) is 11.0 Å². The minimum Gasteiger partial charge on any atom is -0.325 e. The number of fused-ring (bicyclic) bond motifs is 1. The summed E-state index contributed by atoms with van der Waals surface area (Å²) in [4.78, 5) is 16.9. The second kappa shape index (κ2) is 8.31. The fourth-order valence-electron chi connectivity index (χ4n) is 3.22. The number of benzene rings is 2. The Bertz CT molecular complexity index is 921. The molecule has 1 amide bonds. The first-order chi connectivity index (χ1) is 13.2. The summed E-state index contributed by atoms with van der Waals surface area (Å²) in [6.07, 6.45) is 0. The maximum atomic E-state index is 12.3. The Morgan fingerprint density at radius 2 is 1.70 bits per heavy atom. The Morgan fingerprint density at radius 1 is 1.00 bits per heavy atom. The molecule has 4 rings (SSSR count). The zero-order valence-corrected chi connectivity index (χ0v) is 16.3. The monoisotopic (exact) mass is 401 g/mol. The quantitative estimate of drug-likeness (QED) is 0.711. The minimum absolute atomic E-state index is 0.00342. The van der Waals surface area contributed by atoms with E-state index in [1.165, 1.54) is 17.3 Å². The third-order valence-electron chi connectivity index (χ3n) is 4.69. The number of nitrogens with one attached hydrogen (secondary N) is 1. The molecule has 3 aromatic rings. The summed E-state index contributed by atoms with van der Waals surface area (Å²) in [6, 6.07) is 13.6. The molecule has 0 unspecified atom stereocenters. The average Bonchev–Trinajstić information content (AvgIpc) is 3.13. The zero-order valence-electron chi connectivity index (χ0n) is 14.8. The van der Waals surface area contributed by atoms with Gasteiger partial charge in [0.25, 0.3) is 0 Å². The van der Waals surface area contributed by atoms with E-state index < -0.39 is 0 Å². The van der Waals surface area contributed by atoms with Gasteiger partial charge >= 0.3 is 0 Å².